The zero-order chi connectivity index (χ0) is 31.9. The molecule has 0 unspecified atom stereocenters. The Morgan fingerprint density at radius 1 is 0.381 bits per heavy atom. The van der Waals surface area contributed by atoms with Crippen LogP contribution in [-0.4, -0.2) is 0 Å². The SMILES string of the molecule is CC(C)(C)c1ccc(OP(Oc2ccc(C(C)(C)C)cc2C(C)(C)C)Oc2ccc(C(C)(C)C)cc2C(C)(C)C)cc1. The molecule has 0 heterocycles. The maximum atomic E-state index is 6.73. The highest BCUT2D eigenvalue weighted by Gasteiger charge is 2.30. The Kier molecular flexibility index (Phi) is 9.61. The van der Waals surface area contributed by atoms with Gasteiger partial charge in [-0.05, 0) is 68.0 Å². The highest BCUT2D eigenvalue weighted by atomic mass is 31.2. The van der Waals surface area contributed by atoms with Crippen molar-refractivity contribution < 1.29 is 13.6 Å². The van der Waals surface area contributed by atoms with E-state index in [4.69, 9.17) is 13.6 Å². The van der Waals surface area contributed by atoms with Gasteiger partial charge in [-0.15, -0.1) is 0 Å². The molecule has 4 heteroatoms. The van der Waals surface area contributed by atoms with Crippen molar-refractivity contribution in [2.75, 3.05) is 0 Å². The molecule has 0 aliphatic rings. The van der Waals surface area contributed by atoms with Crippen LogP contribution in [0.3, 0.4) is 0 Å². The molecular weight excluding hydrogens is 535 g/mol. The summed E-state index contributed by atoms with van der Waals surface area (Å²) in [7, 11) is -1.83. The normalized spacial score (nSPS) is 13.3. The Labute approximate surface area is 258 Å². The molecule has 3 rings (SSSR count). The van der Waals surface area contributed by atoms with E-state index in [-0.39, 0.29) is 27.1 Å². The van der Waals surface area contributed by atoms with Gasteiger partial charge in [0.1, 0.15) is 17.2 Å². The van der Waals surface area contributed by atoms with Crippen LogP contribution in [-0.2, 0) is 27.1 Å². The molecule has 0 aliphatic heterocycles. The second kappa shape index (κ2) is 11.9. The molecule has 3 aromatic carbocycles. The maximum absolute atomic E-state index is 6.73. The van der Waals surface area contributed by atoms with Crippen molar-refractivity contribution in [3.05, 3.63) is 88.5 Å². The van der Waals surface area contributed by atoms with E-state index in [0.29, 0.717) is 0 Å². The zero-order valence-electron chi connectivity index (χ0n) is 28.9. The molecule has 0 saturated carbocycles. The minimum Gasteiger partial charge on any atom is -0.409 e. The van der Waals surface area contributed by atoms with Crippen LogP contribution in [0.4, 0.5) is 0 Å². The Morgan fingerprint density at radius 3 is 1.02 bits per heavy atom. The molecule has 42 heavy (non-hydrogen) atoms. The molecular formula is C38H55O3P. The average molecular weight is 591 g/mol. The lowest BCUT2D eigenvalue weighted by Gasteiger charge is -2.30. The van der Waals surface area contributed by atoms with Crippen LogP contribution in [0.15, 0.2) is 60.7 Å². The molecule has 0 fully saturated rings. The Hall–Kier alpha value is -2.51. The summed E-state index contributed by atoms with van der Waals surface area (Å²) < 4.78 is 20.0. The lowest BCUT2D eigenvalue weighted by Crippen LogP contribution is -2.19. The van der Waals surface area contributed by atoms with E-state index in [0.717, 1.165) is 28.4 Å². The molecule has 0 spiro atoms. The second-order valence-corrected chi connectivity index (χ2v) is 17.7. The van der Waals surface area contributed by atoms with Gasteiger partial charge in [-0.3, -0.25) is 0 Å². The van der Waals surface area contributed by atoms with Crippen LogP contribution in [0.5, 0.6) is 17.2 Å². The lowest BCUT2D eigenvalue weighted by molar-refractivity contribution is 0.376. The summed E-state index contributed by atoms with van der Waals surface area (Å²) in [6.07, 6.45) is 0. The van der Waals surface area contributed by atoms with Crippen molar-refractivity contribution in [2.45, 2.75) is 131 Å². The summed E-state index contributed by atoms with van der Waals surface area (Å²) in [6.45, 7) is 33.4. The third kappa shape index (κ3) is 8.76. The van der Waals surface area contributed by atoms with Gasteiger partial charge < -0.3 is 13.6 Å². The first-order valence-electron chi connectivity index (χ1n) is 15.2. The van der Waals surface area contributed by atoms with Crippen molar-refractivity contribution in [1.29, 1.82) is 0 Å². The number of hydrogen-bond acceptors (Lipinski definition) is 3. The molecule has 3 nitrogen and oxygen atoms in total. The lowest BCUT2D eigenvalue weighted by atomic mass is 9.80. The van der Waals surface area contributed by atoms with Crippen molar-refractivity contribution >= 4 is 8.60 Å². The third-order valence-corrected chi connectivity index (χ3v) is 8.60. The molecule has 0 bridgehead atoms. The molecule has 0 aliphatic carbocycles. The molecule has 0 saturated heterocycles. The molecule has 0 radical (unpaired) electrons. The smallest absolute Gasteiger partial charge is 0.409 e. The highest BCUT2D eigenvalue weighted by molar-refractivity contribution is 7.43. The van der Waals surface area contributed by atoms with Crippen LogP contribution < -0.4 is 13.6 Å². The van der Waals surface area contributed by atoms with Crippen molar-refractivity contribution in [3.63, 3.8) is 0 Å². The van der Waals surface area contributed by atoms with Crippen molar-refractivity contribution in [1.82, 2.24) is 0 Å². The van der Waals surface area contributed by atoms with E-state index in [2.05, 4.69) is 152 Å². The number of rotatable bonds is 6. The van der Waals surface area contributed by atoms with E-state index < -0.39 is 8.60 Å². The Morgan fingerprint density at radius 2 is 0.714 bits per heavy atom. The Bertz CT molecular complexity index is 1270. The summed E-state index contributed by atoms with van der Waals surface area (Å²) in [5.74, 6) is 2.30. The van der Waals surface area contributed by atoms with Gasteiger partial charge >= 0.3 is 8.60 Å². The van der Waals surface area contributed by atoms with Crippen LogP contribution in [0, 0.1) is 0 Å². The van der Waals surface area contributed by atoms with Crippen LogP contribution in [0.2, 0.25) is 0 Å². The first kappa shape index (κ1) is 34.0. The van der Waals surface area contributed by atoms with Gasteiger partial charge in [0, 0.05) is 11.1 Å². The van der Waals surface area contributed by atoms with Gasteiger partial charge in [0.2, 0.25) is 0 Å². The van der Waals surface area contributed by atoms with E-state index in [1.165, 1.54) is 16.7 Å². The van der Waals surface area contributed by atoms with Gasteiger partial charge in [0.25, 0.3) is 0 Å². The molecule has 0 atom stereocenters. The standard InChI is InChI=1S/C38H55O3P/c1-34(2,3)26-16-20-29(21-17-26)39-42(40-32-22-18-27(35(4,5)6)24-30(32)37(10,11)12)41-33-23-19-28(36(7,8)9)25-31(33)38(13,14)15/h16-25H,1-15H3. The minimum atomic E-state index is -1.83. The number of hydrogen-bond donors (Lipinski definition) is 0. The average Bonchev–Trinajstić information content (AvgIpc) is 2.81. The Balaban J connectivity index is 2.11. The fourth-order valence-electron chi connectivity index (χ4n) is 4.64. The van der Waals surface area contributed by atoms with Crippen molar-refractivity contribution in [3.8, 4) is 17.2 Å². The fourth-order valence-corrected chi connectivity index (χ4v) is 5.69. The quantitative estimate of drug-likeness (QED) is 0.267. The summed E-state index contributed by atoms with van der Waals surface area (Å²) in [4.78, 5) is 0. The van der Waals surface area contributed by atoms with E-state index >= 15 is 0 Å². The van der Waals surface area contributed by atoms with Crippen LogP contribution in [0.25, 0.3) is 0 Å². The largest absolute Gasteiger partial charge is 0.530 e. The van der Waals surface area contributed by atoms with E-state index in [1.807, 2.05) is 12.1 Å². The van der Waals surface area contributed by atoms with Crippen molar-refractivity contribution in [2.24, 2.45) is 0 Å². The highest BCUT2D eigenvalue weighted by Crippen LogP contribution is 2.48. The summed E-state index contributed by atoms with van der Waals surface area (Å²) in [5.41, 5.74) is 5.93. The maximum Gasteiger partial charge on any atom is 0.530 e. The predicted octanol–water partition coefficient (Wildman–Crippen LogP) is 11.9. The summed E-state index contributed by atoms with van der Waals surface area (Å²) in [6, 6.07) is 21.3. The summed E-state index contributed by atoms with van der Waals surface area (Å²) >= 11 is 0. The predicted molar refractivity (Wildman–Crippen MR) is 182 cm³/mol. The second-order valence-electron chi connectivity index (χ2n) is 16.7. The van der Waals surface area contributed by atoms with Crippen LogP contribution in [0.1, 0.15) is 132 Å². The van der Waals surface area contributed by atoms with Gasteiger partial charge in [0.05, 0.1) is 0 Å². The molecule has 3 aromatic rings. The summed E-state index contributed by atoms with van der Waals surface area (Å²) in [5, 5.41) is 0. The van der Waals surface area contributed by atoms with E-state index in [9.17, 15) is 0 Å². The minimum absolute atomic E-state index is 0.0292. The molecule has 0 aromatic heterocycles. The van der Waals surface area contributed by atoms with E-state index in [1.54, 1.807) is 0 Å². The van der Waals surface area contributed by atoms with Gasteiger partial charge in [-0.25, -0.2) is 0 Å². The van der Waals surface area contributed by atoms with Crippen LogP contribution >= 0.6 is 8.60 Å². The molecule has 0 amide bonds. The topological polar surface area (TPSA) is 27.7 Å². The fraction of sp³-hybridized carbons (Fsp3) is 0.526. The third-order valence-electron chi connectivity index (χ3n) is 7.55. The van der Waals surface area contributed by atoms with Gasteiger partial charge in [0.15, 0.2) is 0 Å². The first-order valence-corrected chi connectivity index (χ1v) is 16.3. The molecule has 230 valence electrons. The first-order chi connectivity index (χ1) is 19.0. The molecule has 0 N–H and O–H groups in total. The number of benzene rings is 3. The zero-order valence-corrected chi connectivity index (χ0v) is 29.8. The van der Waals surface area contributed by atoms with Gasteiger partial charge in [-0.1, -0.05) is 140 Å². The monoisotopic (exact) mass is 590 g/mol. The van der Waals surface area contributed by atoms with Gasteiger partial charge in [-0.2, -0.15) is 0 Å².